The quantitative estimate of drug-likeness (QED) is 0.408. The first-order chi connectivity index (χ1) is 17.1. The minimum Gasteiger partial charge on any atom is -0.495 e. The first-order valence-electron chi connectivity index (χ1n) is 11.7. The van der Waals surface area contributed by atoms with Crippen LogP contribution in [0.5, 0.6) is 23.0 Å². The number of anilines is 1. The molecule has 3 aromatic carbocycles. The Morgan fingerprint density at radius 2 is 1.63 bits per heavy atom. The van der Waals surface area contributed by atoms with E-state index < -0.39 is 0 Å². The molecule has 35 heavy (non-hydrogen) atoms. The summed E-state index contributed by atoms with van der Waals surface area (Å²) in [4.78, 5) is 2.18. The average Bonchev–Trinajstić information content (AvgIpc) is 2.91. The van der Waals surface area contributed by atoms with Crippen molar-refractivity contribution in [3.05, 3.63) is 77.4 Å². The van der Waals surface area contributed by atoms with Gasteiger partial charge >= 0.3 is 0 Å². The van der Waals surface area contributed by atoms with Crippen LogP contribution in [0.3, 0.4) is 0 Å². The third-order valence-electron chi connectivity index (χ3n) is 6.35. The number of hydrogen-bond donors (Lipinski definition) is 1. The molecule has 4 rings (SSSR count). The second-order valence-corrected chi connectivity index (χ2v) is 8.69. The molecule has 1 aliphatic rings. The molecule has 0 saturated carbocycles. The van der Waals surface area contributed by atoms with Gasteiger partial charge in [-0.2, -0.15) is 0 Å². The van der Waals surface area contributed by atoms with E-state index in [0.717, 1.165) is 47.9 Å². The molecular weight excluding hydrogens is 460 g/mol. The monoisotopic (exact) mass is 492 g/mol. The van der Waals surface area contributed by atoms with Gasteiger partial charge in [-0.1, -0.05) is 31.2 Å². The number of fused-ring (bicyclic) bond motifs is 1. The molecule has 0 aromatic heterocycles. The third kappa shape index (κ3) is 5.46. The first-order valence-corrected chi connectivity index (χ1v) is 12.2. The van der Waals surface area contributed by atoms with Crippen LogP contribution >= 0.6 is 12.2 Å². The summed E-state index contributed by atoms with van der Waals surface area (Å²) in [5.41, 5.74) is 4.42. The smallest absolute Gasteiger partial charge is 0.174 e. The maximum Gasteiger partial charge on any atom is 0.174 e. The first kappa shape index (κ1) is 24.7. The van der Waals surface area contributed by atoms with Crippen LogP contribution in [0, 0.1) is 0 Å². The van der Waals surface area contributed by atoms with Crippen molar-refractivity contribution < 1.29 is 18.9 Å². The van der Waals surface area contributed by atoms with Crippen LogP contribution < -0.4 is 24.3 Å². The van der Waals surface area contributed by atoms with Crippen molar-refractivity contribution in [3.63, 3.8) is 0 Å². The van der Waals surface area contributed by atoms with E-state index in [-0.39, 0.29) is 6.04 Å². The minimum atomic E-state index is -0.112. The lowest BCUT2D eigenvalue weighted by Crippen LogP contribution is -2.44. The van der Waals surface area contributed by atoms with Gasteiger partial charge in [0.15, 0.2) is 16.6 Å². The summed E-state index contributed by atoms with van der Waals surface area (Å²) in [6.45, 7) is 3.32. The average molecular weight is 493 g/mol. The Bertz CT molecular complexity index is 1170. The Morgan fingerprint density at radius 1 is 0.943 bits per heavy atom. The van der Waals surface area contributed by atoms with E-state index in [9.17, 15) is 0 Å². The number of methoxy groups -OCH3 is 3. The zero-order valence-corrected chi connectivity index (χ0v) is 21.5. The van der Waals surface area contributed by atoms with Crippen molar-refractivity contribution in [1.29, 1.82) is 0 Å². The zero-order chi connectivity index (χ0) is 24.8. The molecule has 1 unspecified atom stereocenters. The summed E-state index contributed by atoms with van der Waals surface area (Å²) in [6.07, 6.45) is 1.82. The van der Waals surface area contributed by atoms with Gasteiger partial charge in [-0.25, -0.2) is 0 Å². The SMILES string of the molecule is CCc1ccc(OCC2c3cc(OC)c(OC)cc3CCN2C(=S)Nc2ccccc2OC)cc1. The van der Waals surface area contributed by atoms with Gasteiger partial charge in [-0.15, -0.1) is 0 Å². The highest BCUT2D eigenvalue weighted by Crippen LogP contribution is 2.39. The van der Waals surface area contributed by atoms with Crippen molar-refractivity contribution in [2.75, 3.05) is 39.8 Å². The van der Waals surface area contributed by atoms with Crippen LogP contribution in [-0.4, -0.2) is 44.5 Å². The lowest BCUT2D eigenvalue weighted by molar-refractivity contribution is 0.190. The Morgan fingerprint density at radius 3 is 2.31 bits per heavy atom. The second-order valence-electron chi connectivity index (χ2n) is 8.30. The van der Waals surface area contributed by atoms with E-state index in [4.69, 9.17) is 31.2 Å². The van der Waals surface area contributed by atoms with Gasteiger partial charge in [0, 0.05) is 6.54 Å². The van der Waals surface area contributed by atoms with Gasteiger partial charge in [-0.3, -0.25) is 0 Å². The number of thiocarbonyl (C=S) groups is 1. The Hall–Kier alpha value is -3.45. The van der Waals surface area contributed by atoms with Crippen molar-refractivity contribution in [1.82, 2.24) is 4.90 Å². The molecule has 0 spiro atoms. The van der Waals surface area contributed by atoms with Crippen LogP contribution in [0.2, 0.25) is 0 Å². The lowest BCUT2D eigenvalue weighted by atomic mass is 9.92. The van der Waals surface area contributed by atoms with E-state index in [0.29, 0.717) is 17.5 Å². The second kappa shape index (κ2) is 11.3. The van der Waals surface area contributed by atoms with Gasteiger partial charge in [0.25, 0.3) is 0 Å². The summed E-state index contributed by atoms with van der Waals surface area (Å²) < 4.78 is 22.9. The van der Waals surface area contributed by atoms with Crippen molar-refractivity contribution in [2.45, 2.75) is 25.8 Å². The summed E-state index contributed by atoms with van der Waals surface area (Å²) in [5.74, 6) is 2.99. The topological polar surface area (TPSA) is 52.2 Å². The predicted octanol–water partition coefficient (Wildman–Crippen LogP) is 5.65. The minimum absolute atomic E-state index is 0.112. The van der Waals surface area contributed by atoms with E-state index in [1.807, 2.05) is 42.5 Å². The number of nitrogens with zero attached hydrogens (tertiary/aromatic N) is 1. The summed E-state index contributed by atoms with van der Waals surface area (Å²) in [5, 5.41) is 3.99. The van der Waals surface area contributed by atoms with Gasteiger partial charge in [0.05, 0.1) is 33.1 Å². The molecule has 0 bridgehead atoms. The molecule has 0 saturated heterocycles. The molecule has 3 aromatic rings. The molecule has 1 atom stereocenters. The molecule has 0 aliphatic carbocycles. The van der Waals surface area contributed by atoms with Gasteiger partial charge in [0.2, 0.25) is 0 Å². The number of nitrogens with one attached hydrogen (secondary N) is 1. The number of para-hydroxylation sites is 2. The van der Waals surface area contributed by atoms with Crippen LogP contribution in [0.15, 0.2) is 60.7 Å². The van der Waals surface area contributed by atoms with Crippen LogP contribution in [0.4, 0.5) is 5.69 Å². The summed E-state index contributed by atoms with van der Waals surface area (Å²) >= 11 is 5.89. The van der Waals surface area contributed by atoms with Gasteiger partial charge < -0.3 is 29.2 Å². The van der Waals surface area contributed by atoms with Gasteiger partial charge in [-0.05, 0) is 78.1 Å². The summed E-state index contributed by atoms with van der Waals surface area (Å²) in [6, 6.07) is 20.0. The normalized spacial score (nSPS) is 14.6. The Kier molecular flexibility index (Phi) is 7.98. The maximum absolute atomic E-state index is 6.28. The highest BCUT2D eigenvalue weighted by Gasteiger charge is 2.31. The van der Waals surface area contributed by atoms with Gasteiger partial charge in [0.1, 0.15) is 18.1 Å². The highest BCUT2D eigenvalue weighted by atomic mass is 32.1. The van der Waals surface area contributed by atoms with E-state index >= 15 is 0 Å². The molecule has 0 amide bonds. The molecule has 0 radical (unpaired) electrons. The van der Waals surface area contributed by atoms with Crippen LogP contribution in [0.25, 0.3) is 0 Å². The fraction of sp³-hybridized carbons (Fsp3) is 0.321. The molecular formula is C28H32N2O4S. The fourth-order valence-corrected chi connectivity index (χ4v) is 4.71. The lowest BCUT2D eigenvalue weighted by Gasteiger charge is -2.39. The molecule has 1 aliphatic heterocycles. The van der Waals surface area contributed by atoms with Crippen LogP contribution in [-0.2, 0) is 12.8 Å². The number of benzene rings is 3. The summed E-state index contributed by atoms with van der Waals surface area (Å²) in [7, 11) is 4.96. The predicted molar refractivity (Wildman–Crippen MR) is 143 cm³/mol. The largest absolute Gasteiger partial charge is 0.495 e. The molecule has 0 fully saturated rings. The Balaban J connectivity index is 1.64. The molecule has 1 heterocycles. The molecule has 1 N–H and O–H groups in total. The number of hydrogen-bond acceptors (Lipinski definition) is 5. The third-order valence-corrected chi connectivity index (χ3v) is 6.69. The number of aryl methyl sites for hydroxylation is 1. The molecule has 184 valence electrons. The molecule has 7 heteroatoms. The zero-order valence-electron chi connectivity index (χ0n) is 20.7. The maximum atomic E-state index is 6.28. The number of ether oxygens (including phenoxy) is 4. The van der Waals surface area contributed by atoms with E-state index in [1.54, 1.807) is 21.3 Å². The van der Waals surface area contributed by atoms with Crippen molar-refractivity contribution in [2.24, 2.45) is 0 Å². The van der Waals surface area contributed by atoms with Crippen molar-refractivity contribution >= 4 is 23.0 Å². The van der Waals surface area contributed by atoms with Crippen LogP contribution in [0.1, 0.15) is 29.7 Å². The highest BCUT2D eigenvalue weighted by molar-refractivity contribution is 7.80. The van der Waals surface area contributed by atoms with E-state index in [1.165, 1.54) is 11.1 Å². The fourth-order valence-electron chi connectivity index (χ4n) is 4.38. The van der Waals surface area contributed by atoms with E-state index in [2.05, 4.69) is 35.3 Å². The van der Waals surface area contributed by atoms with Crippen molar-refractivity contribution in [3.8, 4) is 23.0 Å². The standard InChI is InChI=1S/C28H32N2O4S/c1-5-19-10-12-21(13-11-19)34-18-24-22-17-27(33-4)26(32-3)16-20(22)14-15-30(24)28(35)29-23-8-6-7-9-25(23)31-2/h6-13,16-17,24H,5,14-15,18H2,1-4H3,(H,29,35). The Labute approximate surface area is 212 Å². The molecule has 6 nitrogen and oxygen atoms in total. The number of rotatable bonds is 8.